The summed E-state index contributed by atoms with van der Waals surface area (Å²) in [6.07, 6.45) is 1.44. The molecule has 2 aromatic carbocycles. The molecule has 0 aliphatic heterocycles. The minimum absolute atomic E-state index is 0.126. The molecule has 0 saturated heterocycles. The van der Waals surface area contributed by atoms with E-state index in [0.717, 1.165) is 26.2 Å². The Kier molecular flexibility index (Phi) is 10.8. The van der Waals surface area contributed by atoms with Crippen LogP contribution in [0, 0.1) is 12.8 Å². The van der Waals surface area contributed by atoms with E-state index in [0.29, 0.717) is 24.4 Å². The summed E-state index contributed by atoms with van der Waals surface area (Å²) in [5.74, 6) is 0.124. The van der Waals surface area contributed by atoms with E-state index in [2.05, 4.69) is 21.2 Å². The average Bonchev–Trinajstić information content (AvgIpc) is 2.82. The molecule has 1 N–H and O–H groups in total. The van der Waals surface area contributed by atoms with Crippen molar-refractivity contribution in [2.24, 2.45) is 5.92 Å². The van der Waals surface area contributed by atoms with Gasteiger partial charge in [-0.1, -0.05) is 48.8 Å². The fourth-order valence-electron chi connectivity index (χ4n) is 3.71. The van der Waals surface area contributed by atoms with Crippen LogP contribution in [0.3, 0.4) is 0 Å². The first-order valence-electron chi connectivity index (χ1n) is 11.8. The van der Waals surface area contributed by atoms with Gasteiger partial charge in [0.2, 0.25) is 21.8 Å². The van der Waals surface area contributed by atoms with Gasteiger partial charge in [0.05, 0.1) is 19.1 Å². The van der Waals surface area contributed by atoms with Gasteiger partial charge in [0.25, 0.3) is 0 Å². The van der Waals surface area contributed by atoms with E-state index in [-0.39, 0.29) is 18.4 Å². The Morgan fingerprint density at radius 1 is 1.14 bits per heavy atom. The second-order valence-corrected chi connectivity index (χ2v) is 11.9. The van der Waals surface area contributed by atoms with Crippen molar-refractivity contribution < 1.29 is 22.7 Å². The molecule has 2 rings (SSSR count). The number of sulfonamides is 1. The van der Waals surface area contributed by atoms with Gasteiger partial charge in [-0.05, 0) is 60.7 Å². The van der Waals surface area contributed by atoms with Gasteiger partial charge in [-0.15, -0.1) is 0 Å². The number of halogens is 1. The normalized spacial score (nSPS) is 12.2. The molecule has 0 saturated carbocycles. The predicted molar refractivity (Wildman–Crippen MR) is 147 cm³/mol. The van der Waals surface area contributed by atoms with E-state index in [1.54, 1.807) is 37.4 Å². The molecule has 0 aliphatic carbocycles. The number of rotatable bonds is 12. The largest absolute Gasteiger partial charge is 0.497 e. The zero-order valence-corrected chi connectivity index (χ0v) is 24.1. The Labute approximate surface area is 223 Å². The Hall–Kier alpha value is -2.59. The quantitative estimate of drug-likeness (QED) is 0.407. The van der Waals surface area contributed by atoms with Crippen molar-refractivity contribution in [3.05, 3.63) is 58.1 Å². The number of carbonyl (C=O) groups excluding carboxylic acids is 2. The number of hydrogen-bond donors (Lipinski definition) is 1. The molecule has 8 nitrogen and oxygen atoms in total. The third-order valence-corrected chi connectivity index (χ3v) is 7.70. The highest BCUT2D eigenvalue weighted by Gasteiger charge is 2.32. The van der Waals surface area contributed by atoms with Crippen molar-refractivity contribution in [2.75, 3.05) is 30.8 Å². The lowest BCUT2D eigenvalue weighted by atomic mass is 10.1. The summed E-state index contributed by atoms with van der Waals surface area (Å²) in [4.78, 5) is 28.3. The van der Waals surface area contributed by atoms with Crippen molar-refractivity contribution in [3.63, 3.8) is 0 Å². The van der Waals surface area contributed by atoms with Crippen LogP contribution in [0.15, 0.2) is 46.9 Å². The minimum Gasteiger partial charge on any atom is -0.497 e. The van der Waals surface area contributed by atoms with Gasteiger partial charge in [0.15, 0.2) is 0 Å². The molecule has 0 fully saturated rings. The third-order valence-electron chi connectivity index (χ3n) is 5.67. The van der Waals surface area contributed by atoms with Crippen LogP contribution in [0.5, 0.6) is 5.75 Å². The van der Waals surface area contributed by atoms with Gasteiger partial charge in [-0.25, -0.2) is 8.42 Å². The Balaban J connectivity index is 2.46. The van der Waals surface area contributed by atoms with Crippen LogP contribution in [0.2, 0.25) is 0 Å². The first-order chi connectivity index (χ1) is 16.9. The predicted octanol–water partition coefficient (Wildman–Crippen LogP) is 4.11. The van der Waals surface area contributed by atoms with E-state index >= 15 is 0 Å². The number of carbonyl (C=O) groups is 2. The molecule has 1 atom stereocenters. The van der Waals surface area contributed by atoms with Crippen LogP contribution in [0.25, 0.3) is 0 Å². The first kappa shape index (κ1) is 29.6. The van der Waals surface area contributed by atoms with Crippen LogP contribution in [0.1, 0.15) is 38.3 Å². The summed E-state index contributed by atoms with van der Waals surface area (Å²) in [7, 11) is -2.23. The number of amides is 2. The van der Waals surface area contributed by atoms with Crippen molar-refractivity contribution >= 4 is 43.5 Å². The number of aryl methyl sites for hydroxylation is 1. The van der Waals surface area contributed by atoms with Crippen LogP contribution in [-0.4, -0.2) is 57.6 Å². The zero-order chi connectivity index (χ0) is 27.0. The Bertz CT molecular complexity index is 1170. The number of benzene rings is 2. The second-order valence-electron chi connectivity index (χ2n) is 9.14. The van der Waals surface area contributed by atoms with E-state index in [1.807, 2.05) is 39.8 Å². The number of methoxy groups -OCH3 is 1. The van der Waals surface area contributed by atoms with Crippen LogP contribution < -0.4 is 14.4 Å². The molecule has 0 spiro atoms. The maximum Gasteiger partial charge on any atom is 0.244 e. The maximum atomic E-state index is 13.7. The molecule has 0 heterocycles. The van der Waals surface area contributed by atoms with Crippen molar-refractivity contribution in [1.29, 1.82) is 0 Å². The number of hydrogen-bond acceptors (Lipinski definition) is 5. The Morgan fingerprint density at radius 2 is 1.83 bits per heavy atom. The van der Waals surface area contributed by atoms with Crippen LogP contribution >= 0.6 is 15.9 Å². The molecule has 36 heavy (non-hydrogen) atoms. The molecule has 0 bridgehead atoms. The average molecular weight is 583 g/mol. The number of anilines is 1. The van der Waals surface area contributed by atoms with E-state index in [4.69, 9.17) is 4.74 Å². The van der Waals surface area contributed by atoms with Gasteiger partial charge >= 0.3 is 0 Å². The molecular formula is C26H36BrN3O5S. The van der Waals surface area contributed by atoms with Crippen LogP contribution in [0.4, 0.5) is 5.69 Å². The monoisotopic (exact) mass is 581 g/mol. The van der Waals surface area contributed by atoms with Gasteiger partial charge in [-0.2, -0.15) is 0 Å². The molecule has 10 heteroatoms. The number of ether oxygens (including phenoxy) is 1. The molecule has 0 radical (unpaired) electrons. The molecular weight excluding hydrogens is 546 g/mol. The molecule has 0 aromatic heterocycles. The lowest BCUT2D eigenvalue weighted by Gasteiger charge is -2.33. The number of nitrogens with zero attached hydrogens (tertiary/aromatic N) is 2. The molecule has 2 aromatic rings. The SMILES string of the molecule is CCC(C(=O)NCC(C)C)N(Cc1cccc(OC)c1)C(=O)CN(c1ccc(Br)c(C)c1)S(C)(=O)=O. The van der Waals surface area contributed by atoms with Crippen molar-refractivity contribution in [1.82, 2.24) is 10.2 Å². The smallest absolute Gasteiger partial charge is 0.244 e. The third kappa shape index (κ3) is 8.23. The highest BCUT2D eigenvalue weighted by Crippen LogP contribution is 2.25. The molecule has 2 amide bonds. The summed E-state index contributed by atoms with van der Waals surface area (Å²) >= 11 is 3.42. The molecule has 1 unspecified atom stereocenters. The topological polar surface area (TPSA) is 96.0 Å². The van der Waals surface area contributed by atoms with Gasteiger partial charge in [0, 0.05) is 17.6 Å². The Morgan fingerprint density at radius 3 is 2.39 bits per heavy atom. The summed E-state index contributed by atoms with van der Waals surface area (Å²) in [5, 5.41) is 2.91. The van der Waals surface area contributed by atoms with Gasteiger partial charge in [0.1, 0.15) is 18.3 Å². The van der Waals surface area contributed by atoms with Crippen molar-refractivity contribution in [2.45, 2.75) is 46.7 Å². The lowest BCUT2D eigenvalue weighted by Crippen LogP contribution is -2.52. The highest BCUT2D eigenvalue weighted by molar-refractivity contribution is 9.10. The van der Waals surface area contributed by atoms with Gasteiger partial charge < -0.3 is 15.0 Å². The fourth-order valence-corrected chi connectivity index (χ4v) is 4.80. The van der Waals surface area contributed by atoms with E-state index in [1.165, 1.54) is 4.90 Å². The zero-order valence-electron chi connectivity index (χ0n) is 21.7. The van der Waals surface area contributed by atoms with E-state index < -0.39 is 28.5 Å². The summed E-state index contributed by atoms with van der Waals surface area (Å²) in [6.45, 7) is 7.83. The highest BCUT2D eigenvalue weighted by atomic mass is 79.9. The van der Waals surface area contributed by atoms with Crippen LogP contribution in [-0.2, 0) is 26.2 Å². The standard InChI is InChI=1S/C26H36BrN3O5S/c1-7-24(26(32)28-15-18(2)3)29(16-20-9-8-10-22(14-20)35-5)25(31)17-30(36(6,33)34)21-11-12-23(27)19(4)13-21/h8-14,18,24H,7,15-17H2,1-6H3,(H,28,32). The second kappa shape index (κ2) is 13.1. The fraction of sp³-hybridized carbons (Fsp3) is 0.462. The number of nitrogens with one attached hydrogen (secondary N) is 1. The lowest BCUT2D eigenvalue weighted by molar-refractivity contribution is -0.140. The van der Waals surface area contributed by atoms with Crippen molar-refractivity contribution in [3.8, 4) is 5.75 Å². The van der Waals surface area contributed by atoms with Gasteiger partial charge in [-0.3, -0.25) is 13.9 Å². The summed E-state index contributed by atoms with van der Waals surface area (Å²) < 4.78 is 32.7. The molecule has 198 valence electrons. The first-order valence-corrected chi connectivity index (χ1v) is 14.4. The molecule has 0 aliphatic rings. The summed E-state index contributed by atoms with van der Waals surface area (Å²) in [6, 6.07) is 11.6. The van der Waals surface area contributed by atoms with E-state index in [9.17, 15) is 18.0 Å². The summed E-state index contributed by atoms with van der Waals surface area (Å²) in [5.41, 5.74) is 1.98. The maximum absolute atomic E-state index is 13.7. The minimum atomic E-state index is -3.78.